The first-order valence-electron chi connectivity index (χ1n) is 5.84. The molecule has 0 spiro atoms. The fourth-order valence-corrected chi connectivity index (χ4v) is 2.47. The molecule has 0 atom stereocenters. The summed E-state index contributed by atoms with van der Waals surface area (Å²) in [6, 6.07) is 5.13. The van der Waals surface area contributed by atoms with E-state index in [0.29, 0.717) is 18.2 Å². The van der Waals surface area contributed by atoms with Crippen molar-refractivity contribution >= 4 is 11.9 Å². The molecule has 3 rings (SSSR count). The molecule has 1 fully saturated rings. The number of carbonyl (C=O) groups excluding carboxylic acids is 1. The fourth-order valence-electron chi connectivity index (χ4n) is 2.47. The number of amides is 1. The number of fused-ring (bicyclic) bond motifs is 1. The summed E-state index contributed by atoms with van der Waals surface area (Å²) in [5, 5.41) is 8.92. The summed E-state index contributed by atoms with van der Waals surface area (Å²) in [5.41, 5.74) is 1.77. The van der Waals surface area contributed by atoms with Gasteiger partial charge in [0.1, 0.15) is 0 Å². The van der Waals surface area contributed by atoms with Crippen LogP contribution in [0.1, 0.15) is 45.5 Å². The number of carboxylic acids is 1. The van der Waals surface area contributed by atoms with Crippen LogP contribution < -0.4 is 0 Å². The highest BCUT2D eigenvalue weighted by Gasteiger charge is 2.35. The van der Waals surface area contributed by atoms with Gasteiger partial charge in [0.05, 0.1) is 5.56 Å². The Kier molecular flexibility index (Phi) is 2.18. The Labute approximate surface area is 98.9 Å². The third-order valence-electron chi connectivity index (χ3n) is 3.70. The van der Waals surface area contributed by atoms with Gasteiger partial charge in [-0.05, 0) is 43.0 Å². The lowest BCUT2D eigenvalue weighted by Crippen LogP contribution is -2.40. The van der Waals surface area contributed by atoms with E-state index >= 15 is 0 Å². The minimum Gasteiger partial charge on any atom is -0.478 e. The first-order chi connectivity index (χ1) is 8.16. The van der Waals surface area contributed by atoms with Crippen LogP contribution in [-0.2, 0) is 6.54 Å². The van der Waals surface area contributed by atoms with Crippen LogP contribution in [0, 0.1) is 0 Å². The van der Waals surface area contributed by atoms with Crippen molar-refractivity contribution in [1.82, 2.24) is 4.90 Å². The predicted molar refractivity (Wildman–Crippen MR) is 60.9 cm³/mol. The lowest BCUT2D eigenvalue weighted by Gasteiger charge is -2.34. The van der Waals surface area contributed by atoms with Gasteiger partial charge >= 0.3 is 5.97 Å². The van der Waals surface area contributed by atoms with Crippen molar-refractivity contribution in [1.29, 1.82) is 0 Å². The Bertz CT molecular complexity index is 505. The van der Waals surface area contributed by atoms with Crippen LogP contribution in [0.3, 0.4) is 0 Å². The van der Waals surface area contributed by atoms with Crippen LogP contribution in [0.5, 0.6) is 0 Å². The molecule has 0 bridgehead atoms. The van der Waals surface area contributed by atoms with Gasteiger partial charge in [-0.15, -0.1) is 0 Å². The molecule has 0 aromatic heterocycles. The molecule has 1 amide bonds. The molecule has 1 aromatic carbocycles. The first-order valence-corrected chi connectivity index (χ1v) is 5.84. The highest BCUT2D eigenvalue weighted by Crippen LogP contribution is 2.33. The summed E-state index contributed by atoms with van der Waals surface area (Å²) < 4.78 is 0. The van der Waals surface area contributed by atoms with Crippen LogP contribution in [0.2, 0.25) is 0 Å². The van der Waals surface area contributed by atoms with E-state index < -0.39 is 5.97 Å². The van der Waals surface area contributed by atoms with Gasteiger partial charge in [-0.3, -0.25) is 4.79 Å². The topological polar surface area (TPSA) is 57.6 Å². The smallest absolute Gasteiger partial charge is 0.335 e. The maximum Gasteiger partial charge on any atom is 0.335 e. The summed E-state index contributed by atoms with van der Waals surface area (Å²) >= 11 is 0. The monoisotopic (exact) mass is 231 g/mol. The number of hydrogen-bond acceptors (Lipinski definition) is 2. The van der Waals surface area contributed by atoms with Gasteiger partial charge in [0, 0.05) is 18.2 Å². The molecule has 1 aromatic rings. The average Bonchev–Trinajstić information content (AvgIpc) is 2.54. The quantitative estimate of drug-likeness (QED) is 0.845. The van der Waals surface area contributed by atoms with Gasteiger partial charge < -0.3 is 10.0 Å². The zero-order valence-corrected chi connectivity index (χ0v) is 9.35. The molecule has 4 heteroatoms. The van der Waals surface area contributed by atoms with Crippen molar-refractivity contribution in [2.45, 2.75) is 31.8 Å². The number of aromatic carboxylic acids is 1. The van der Waals surface area contributed by atoms with Gasteiger partial charge in [0.2, 0.25) is 0 Å². The van der Waals surface area contributed by atoms with Crippen molar-refractivity contribution in [3.63, 3.8) is 0 Å². The summed E-state index contributed by atoms with van der Waals surface area (Å²) in [4.78, 5) is 24.8. The van der Waals surface area contributed by atoms with Crippen LogP contribution >= 0.6 is 0 Å². The van der Waals surface area contributed by atoms with E-state index in [1.165, 1.54) is 12.5 Å². The molecule has 1 N–H and O–H groups in total. The molecule has 0 radical (unpaired) electrons. The van der Waals surface area contributed by atoms with Crippen molar-refractivity contribution in [2.24, 2.45) is 0 Å². The molecule has 0 unspecified atom stereocenters. The van der Waals surface area contributed by atoms with Crippen LogP contribution in [0.25, 0.3) is 0 Å². The van der Waals surface area contributed by atoms with Crippen molar-refractivity contribution in [3.8, 4) is 0 Å². The van der Waals surface area contributed by atoms with E-state index in [-0.39, 0.29) is 11.5 Å². The molecule has 88 valence electrons. The van der Waals surface area contributed by atoms with Crippen LogP contribution in [0.4, 0.5) is 0 Å². The Morgan fingerprint density at radius 1 is 1.35 bits per heavy atom. The van der Waals surface area contributed by atoms with Crippen LogP contribution in [-0.4, -0.2) is 27.9 Å². The van der Waals surface area contributed by atoms with E-state index in [1.807, 2.05) is 4.90 Å². The average molecular weight is 231 g/mol. The summed E-state index contributed by atoms with van der Waals surface area (Å²) in [7, 11) is 0. The van der Waals surface area contributed by atoms with E-state index in [4.69, 9.17) is 5.11 Å². The highest BCUT2D eigenvalue weighted by molar-refractivity contribution is 6.00. The molecule has 4 nitrogen and oxygen atoms in total. The second-order valence-electron chi connectivity index (χ2n) is 4.69. The Morgan fingerprint density at radius 3 is 2.71 bits per heavy atom. The van der Waals surface area contributed by atoms with Gasteiger partial charge in [-0.1, -0.05) is 0 Å². The number of hydrogen-bond donors (Lipinski definition) is 1. The molecule has 1 saturated carbocycles. The number of nitrogens with zero attached hydrogens (tertiary/aromatic N) is 1. The normalized spacial score (nSPS) is 19.1. The Balaban J connectivity index is 1.93. The number of benzene rings is 1. The third-order valence-corrected chi connectivity index (χ3v) is 3.70. The fraction of sp³-hybridized carbons (Fsp3) is 0.385. The molecular weight excluding hydrogens is 218 g/mol. The summed E-state index contributed by atoms with van der Waals surface area (Å²) in [6.45, 7) is 0.569. The SMILES string of the molecule is O=C(O)c1ccc2c(c1)CN(C1CCC1)C2=O. The molecular formula is C13H13NO3. The molecule has 1 aliphatic carbocycles. The lowest BCUT2D eigenvalue weighted by molar-refractivity contribution is 0.0606. The third kappa shape index (κ3) is 1.52. The zero-order chi connectivity index (χ0) is 12.0. The minimum absolute atomic E-state index is 0.0571. The van der Waals surface area contributed by atoms with Crippen molar-refractivity contribution in [3.05, 3.63) is 34.9 Å². The predicted octanol–water partition coefficient (Wildman–Crippen LogP) is 1.89. The van der Waals surface area contributed by atoms with Crippen molar-refractivity contribution < 1.29 is 14.7 Å². The van der Waals surface area contributed by atoms with Crippen molar-refractivity contribution in [2.75, 3.05) is 0 Å². The maximum absolute atomic E-state index is 12.1. The lowest BCUT2D eigenvalue weighted by atomic mass is 9.92. The second kappa shape index (κ2) is 3.58. The van der Waals surface area contributed by atoms with E-state index in [0.717, 1.165) is 18.4 Å². The maximum atomic E-state index is 12.1. The van der Waals surface area contributed by atoms with E-state index in [1.54, 1.807) is 12.1 Å². The molecule has 0 saturated heterocycles. The second-order valence-corrected chi connectivity index (χ2v) is 4.69. The number of rotatable bonds is 2. The largest absolute Gasteiger partial charge is 0.478 e. The number of carbonyl (C=O) groups is 2. The highest BCUT2D eigenvalue weighted by atomic mass is 16.4. The van der Waals surface area contributed by atoms with Gasteiger partial charge in [0.15, 0.2) is 0 Å². The van der Waals surface area contributed by atoms with E-state index in [2.05, 4.69) is 0 Å². The summed E-state index contributed by atoms with van der Waals surface area (Å²) in [6.07, 6.45) is 3.34. The molecule has 1 heterocycles. The minimum atomic E-state index is -0.942. The Hall–Kier alpha value is -1.84. The van der Waals surface area contributed by atoms with Gasteiger partial charge in [0.25, 0.3) is 5.91 Å². The van der Waals surface area contributed by atoms with Gasteiger partial charge in [-0.25, -0.2) is 4.79 Å². The first kappa shape index (κ1) is 10.3. The van der Waals surface area contributed by atoms with Crippen LogP contribution in [0.15, 0.2) is 18.2 Å². The molecule has 2 aliphatic rings. The standard InChI is InChI=1S/C13H13NO3/c15-12-11-5-4-8(13(16)17)6-9(11)7-14(12)10-2-1-3-10/h4-6,10H,1-3,7H2,(H,16,17). The van der Waals surface area contributed by atoms with Gasteiger partial charge in [-0.2, -0.15) is 0 Å². The molecule has 17 heavy (non-hydrogen) atoms. The zero-order valence-electron chi connectivity index (χ0n) is 9.35. The number of carboxylic acid groups (broad SMARTS) is 1. The van der Waals surface area contributed by atoms with E-state index in [9.17, 15) is 9.59 Å². The Morgan fingerprint density at radius 2 is 2.12 bits per heavy atom. The summed E-state index contributed by atoms with van der Waals surface area (Å²) in [5.74, 6) is -0.885. The molecule has 1 aliphatic heterocycles.